The maximum absolute atomic E-state index is 12.6. The number of amides is 2. The lowest BCUT2D eigenvalue weighted by molar-refractivity contribution is -0.130. The van der Waals surface area contributed by atoms with E-state index in [1.54, 1.807) is 29.2 Å². The highest BCUT2D eigenvalue weighted by atomic mass is 35.5. The maximum Gasteiger partial charge on any atom is 0.246 e. The third kappa shape index (κ3) is 7.48. The van der Waals surface area contributed by atoms with Crippen molar-refractivity contribution >= 4 is 41.1 Å². The number of piperidine rings is 1. The van der Waals surface area contributed by atoms with Gasteiger partial charge in [0.05, 0.1) is 16.1 Å². The Kier molecular flexibility index (Phi) is 9.41. The predicted molar refractivity (Wildman–Crippen MR) is 129 cm³/mol. The SMILES string of the molecule is C[C@H]1C[C@@H](O)CN(CCCCN2CCN(C(=O)C=Cc3ccc(Cl)c(Cl)c3)CCC2=O)C1. The summed E-state index contributed by atoms with van der Waals surface area (Å²) in [5.74, 6) is 0.527. The largest absolute Gasteiger partial charge is 0.392 e. The zero-order valence-electron chi connectivity index (χ0n) is 18.7. The molecule has 2 saturated heterocycles. The van der Waals surface area contributed by atoms with Crippen molar-refractivity contribution in [3.05, 3.63) is 39.9 Å². The molecule has 32 heavy (non-hydrogen) atoms. The number of aliphatic hydroxyl groups excluding tert-OH is 1. The molecule has 1 N–H and O–H groups in total. The van der Waals surface area contributed by atoms with Crippen molar-refractivity contribution in [3.63, 3.8) is 0 Å². The lowest BCUT2D eigenvalue weighted by atomic mass is 9.98. The van der Waals surface area contributed by atoms with Gasteiger partial charge in [-0.1, -0.05) is 36.2 Å². The van der Waals surface area contributed by atoms with Crippen LogP contribution in [0, 0.1) is 5.92 Å². The molecule has 0 aliphatic carbocycles. The Morgan fingerprint density at radius 3 is 2.66 bits per heavy atom. The van der Waals surface area contributed by atoms with E-state index in [-0.39, 0.29) is 17.9 Å². The van der Waals surface area contributed by atoms with Crippen LogP contribution in [0.2, 0.25) is 10.0 Å². The average molecular weight is 482 g/mol. The molecule has 8 heteroatoms. The topological polar surface area (TPSA) is 64.1 Å². The van der Waals surface area contributed by atoms with E-state index >= 15 is 0 Å². The lowest BCUT2D eigenvalue weighted by Crippen LogP contribution is -2.42. The quantitative estimate of drug-likeness (QED) is 0.477. The summed E-state index contributed by atoms with van der Waals surface area (Å²) >= 11 is 11.9. The highest BCUT2D eigenvalue weighted by molar-refractivity contribution is 6.42. The first-order valence-electron chi connectivity index (χ1n) is 11.4. The van der Waals surface area contributed by atoms with E-state index in [4.69, 9.17) is 23.2 Å². The van der Waals surface area contributed by atoms with Crippen molar-refractivity contribution in [1.82, 2.24) is 14.7 Å². The number of hydrogen-bond acceptors (Lipinski definition) is 4. The smallest absolute Gasteiger partial charge is 0.246 e. The van der Waals surface area contributed by atoms with Crippen LogP contribution in [0.25, 0.3) is 6.08 Å². The molecular formula is C24H33Cl2N3O3. The van der Waals surface area contributed by atoms with Crippen molar-refractivity contribution in [2.24, 2.45) is 5.92 Å². The van der Waals surface area contributed by atoms with Crippen molar-refractivity contribution < 1.29 is 14.7 Å². The second kappa shape index (κ2) is 12.0. The molecule has 2 heterocycles. The molecular weight excluding hydrogens is 449 g/mol. The zero-order valence-corrected chi connectivity index (χ0v) is 20.2. The third-order valence-corrected chi connectivity index (χ3v) is 6.87. The van der Waals surface area contributed by atoms with Gasteiger partial charge >= 0.3 is 0 Å². The Hall–Kier alpha value is -1.60. The summed E-state index contributed by atoms with van der Waals surface area (Å²) in [7, 11) is 0. The van der Waals surface area contributed by atoms with E-state index < -0.39 is 0 Å². The minimum Gasteiger partial charge on any atom is -0.392 e. The number of hydrogen-bond donors (Lipinski definition) is 1. The molecule has 2 atom stereocenters. The molecule has 2 aliphatic rings. The van der Waals surface area contributed by atoms with Gasteiger partial charge in [-0.05, 0) is 55.5 Å². The number of carbonyl (C=O) groups excluding carboxylic acids is 2. The van der Waals surface area contributed by atoms with E-state index in [9.17, 15) is 14.7 Å². The summed E-state index contributed by atoms with van der Waals surface area (Å²) in [6.07, 6.45) is 6.18. The van der Waals surface area contributed by atoms with Crippen LogP contribution >= 0.6 is 23.2 Å². The van der Waals surface area contributed by atoms with Gasteiger partial charge in [-0.15, -0.1) is 0 Å². The Morgan fingerprint density at radius 2 is 1.91 bits per heavy atom. The van der Waals surface area contributed by atoms with Crippen LogP contribution in [-0.2, 0) is 9.59 Å². The molecule has 1 aromatic carbocycles. The zero-order chi connectivity index (χ0) is 23.1. The van der Waals surface area contributed by atoms with Crippen LogP contribution in [0.4, 0.5) is 0 Å². The molecule has 0 spiro atoms. The number of benzene rings is 1. The molecule has 0 bridgehead atoms. The second-order valence-corrected chi connectivity index (χ2v) is 9.74. The number of nitrogens with zero attached hydrogens (tertiary/aromatic N) is 3. The fourth-order valence-electron chi connectivity index (χ4n) is 4.46. The van der Waals surface area contributed by atoms with Gasteiger partial charge in [0, 0.05) is 51.8 Å². The van der Waals surface area contributed by atoms with E-state index in [1.807, 2.05) is 4.90 Å². The predicted octanol–water partition coefficient (Wildman–Crippen LogP) is 3.55. The van der Waals surface area contributed by atoms with Crippen molar-refractivity contribution in [2.75, 3.05) is 45.8 Å². The van der Waals surface area contributed by atoms with Crippen LogP contribution < -0.4 is 0 Å². The minimum atomic E-state index is -0.222. The summed E-state index contributed by atoms with van der Waals surface area (Å²) in [5, 5.41) is 10.9. The number of carbonyl (C=O) groups is 2. The summed E-state index contributed by atoms with van der Waals surface area (Å²) in [6, 6.07) is 5.22. The van der Waals surface area contributed by atoms with Crippen LogP contribution in [-0.4, -0.2) is 83.5 Å². The molecule has 6 nitrogen and oxygen atoms in total. The number of β-amino-alcohol motifs (C(OH)–C–C–N with tert-alkyl or cyclic N) is 1. The monoisotopic (exact) mass is 481 g/mol. The highest BCUT2D eigenvalue weighted by Gasteiger charge is 2.24. The van der Waals surface area contributed by atoms with E-state index in [2.05, 4.69) is 11.8 Å². The molecule has 176 valence electrons. The van der Waals surface area contributed by atoms with Gasteiger partial charge in [0.15, 0.2) is 0 Å². The summed E-state index contributed by atoms with van der Waals surface area (Å²) in [6.45, 7) is 7.16. The Bertz CT molecular complexity index is 823. The first kappa shape index (κ1) is 25.0. The van der Waals surface area contributed by atoms with Crippen LogP contribution in [0.15, 0.2) is 24.3 Å². The molecule has 0 unspecified atom stereocenters. The van der Waals surface area contributed by atoms with Crippen LogP contribution in [0.3, 0.4) is 0 Å². The molecule has 0 aromatic heterocycles. The molecule has 0 radical (unpaired) electrons. The van der Waals surface area contributed by atoms with Crippen molar-refractivity contribution in [2.45, 2.75) is 38.7 Å². The van der Waals surface area contributed by atoms with Gasteiger partial charge in [0.1, 0.15) is 0 Å². The van der Waals surface area contributed by atoms with Gasteiger partial charge in [-0.2, -0.15) is 0 Å². The van der Waals surface area contributed by atoms with E-state index in [0.29, 0.717) is 48.6 Å². The van der Waals surface area contributed by atoms with Gasteiger partial charge in [-0.3, -0.25) is 9.59 Å². The summed E-state index contributed by atoms with van der Waals surface area (Å²) in [5.41, 5.74) is 0.802. The fraction of sp³-hybridized carbons (Fsp3) is 0.583. The molecule has 2 aliphatic heterocycles. The number of aliphatic hydroxyl groups is 1. The molecule has 2 fully saturated rings. The minimum absolute atomic E-state index is 0.107. The van der Waals surface area contributed by atoms with E-state index in [0.717, 1.165) is 44.5 Å². The van der Waals surface area contributed by atoms with Crippen molar-refractivity contribution in [1.29, 1.82) is 0 Å². The number of unbranched alkanes of at least 4 members (excludes halogenated alkanes) is 1. The third-order valence-electron chi connectivity index (χ3n) is 6.13. The number of rotatable bonds is 7. The first-order chi connectivity index (χ1) is 15.3. The lowest BCUT2D eigenvalue weighted by Gasteiger charge is -2.34. The fourth-order valence-corrected chi connectivity index (χ4v) is 4.77. The van der Waals surface area contributed by atoms with Crippen molar-refractivity contribution in [3.8, 4) is 0 Å². The molecule has 2 amide bonds. The average Bonchev–Trinajstić information content (AvgIpc) is 2.93. The van der Waals surface area contributed by atoms with Gasteiger partial charge < -0.3 is 19.8 Å². The molecule has 1 aromatic rings. The number of halogens is 2. The first-order valence-corrected chi connectivity index (χ1v) is 12.2. The highest BCUT2D eigenvalue weighted by Crippen LogP contribution is 2.23. The summed E-state index contributed by atoms with van der Waals surface area (Å²) in [4.78, 5) is 31.0. The Balaban J connectivity index is 1.42. The Morgan fingerprint density at radius 1 is 1.12 bits per heavy atom. The van der Waals surface area contributed by atoms with Gasteiger partial charge in [0.25, 0.3) is 0 Å². The molecule has 3 rings (SSSR count). The van der Waals surface area contributed by atoms with Crippen LogP contribution in [0.5, 0.6) is 0 Å². The normalized spacial score (nSPS) is 23.1. The standard InChI is InChI=1S/C24H33Cl2N3O3/c1-18-14-20(30)17-27(16-18)9-2-3-10-28-12-13-29(11-8-24(28)32)23(31)7-5-19-4-6-21(25)22(26)15-19/h4-7,15,18,20,30H,2-3,8-14,16-17H2,1H3/t18-,20+/m0/s1. The summed E-state index contributed by atoms with van der Waals surface area (Å²) < 4.78 is 0. The maximum atomic E-state index is 12.6. The Labute approximate surface area is 200 Å². The van der Waals surface area contributed by atoms with Gasteiger partial charge in [-0.25, -0.2) is 0 Å². The van der Waals surface area contributed by atoms with Gasteiger partial charge in [0.2, 0.25) is 11.8 Å². The second-order valence-electron chi connectivity index (χ2n) is 8.92. The van der Waals surface area contributed by atoms with E-state index in [1.165, 1.54) is 6.08 Å². The molecule has 0 saturated carbocycles. The number of likely N-dealkylation sites (tertiary alicyclic amines) is 1. The van der Waals surface area contributed by atoms with Crippen LogP contribution in [0.1, 0.15) is 38.2 Å².